The van der Waals surface area contributed by atoms with Gasteiger partial charge < -0.3 is 5.32 Å². The van der Waals surface area contributed by atoms with E-state index in [2.05, 4.69) is 42.6 Å². The Balaban J connectivity index is 2.34. The van der Waals surface area contributed by atoms with Crippen molar-refractivity contribution in [3.8, 4) is 0 Å². The first-order valence-electron chi connectivity index (χ1n) is 7.68. The zero-order valence-electron chi connectivity index (χ0n) is 13.1. The fraction of sp³-hybridized carbons (Fsp3) is 0.471. The van der Waals surface area contributed by atoms with Crippen LogP contribution in [0.3, 0.4) is 0 Å². The van der Waals surface area contributed by atoms with Crippen LogP contribution in [0.25, 0.3) is 0 Å². The van der Waals surface area contributed by atoms with Crippen LogP contribution in [0, 0.1) is 6.92 Å². The summed E-state index contributed by atoms with van der Waals surface area (Å²) in [4.78, 5) is 0. The molecule has 1 heterocycles. The zero-order valence-corrected chi connectivity index (χ0v) is 13.8. The molecule has 0 spiro atoms. The molecule has 4 heteroatoms. The van der Waals surface area contributed by atoms with Crippen LogP contribution in [-0.4, -0.2) is 16.3 Å². The van der Waals surface area contributed by atoms with Crippen LogP contribution >= 0.6 is 11.6 Å². The normalized spacial score (nSPS) is 12.6. The number of aryl methyl sites for hydroxylation is 2. The molecule has 3 nitrogen and oxygen atoms in total. The van der Waals surface area contributed by atoms with Gasteiger partial charge in [0.05, 0.1) is 12.2 Å². The van der Waals surface area contributed by atoms with Crippen molar-refractivity contribution in [3.63, 3.8) is 0 Å². The van der Waals surface area contributed by atoms with Crippen LogP contribution in [0.2, 0.25) is 5.02 Å². The third-order valence-corrected chi connectivity index (χ3v) is 4.09. The smallest absolute Gasteiger partial charge is 0.0622 e. The maximum Gasteiger partial charge on any atom is 0.0622 e. The molecule has 0 aliphatic heterocycles. The van der Waals surface area contributed by atoms with E-state index in [-0.39, 0.29) is 6.04 Å². The molecule has 0 aliphatic rings. The van der Waals surface area contributed by atoms with Gasteiger partial charge in [-0.3, -0.25) is 4.68 Å². The molecule has 1 N–H and O–H groups in total. The molecule has 0 bridgehead atoms. The van der Waals surface area contributed by atoms with Crippen molar-refractivity contribution in [1.82, 2.24) is 15.1 Å². The van der Waals surface area contributed by atoms with Gasteiger partial charge in [0.2, 0.25) is 0 Å². The Labute approximate surface area is 132 Å². The molecule has 21 heavy (non-hydrogen) atoms. The number of aromatic nitrogens is 2. The second-order valence-corrected chi connectivity index (χ2v) is 5.78. The summed E-state index contributed by atoms with van der Waals surface area (Å²) in [5.74, 6) is 0. The van der Waals surface area contributed by atoms with Crippen molar-refractivity contribution in [2.45, 2.75) is 46.2 Å². The first-order valence-corrected chi connectivity index (χ1v) is 8.05. The van der Waals surface area contributed by atoms with E-state index in [9.17, 15) is 0 Å². The summed E-state index contributed by atoms with van der Waals surface area (Å²) in [7, 11) is 0. The Morgan fingerprint density at radius 3 is 2.81 bits per heavy atom. The summed E-state index contributed by atoms with van der Waals surface area (Å²) in [5, 5.41) is 8.88. The van der Waals surface area contributed by atoms with Crippen LogP contribution < -0.4 is 5.32 Å². The van der Waals surface area contributed by atoms with Gasteiger partial charge in [-0.05, 0) is 37.4 Å². The van der Waals surface area contributed by atoms with Gasteiger partial charge in [-0.25, -0.2) is 0 Å². The second-order valence-electron chi connectivity index (χ2n) is 5.40. The fourth-order valence-corrected chi connectivity index (χ4v) is 2.70. The Bertz CT molecular complexity index is 577. The van der Waals surface area contributed by atoms with Crippen LogP contribution in [0.15, 0.2) is 30.6 Å². The van der Waals surface area contributed by atoms with Gasteiger partial charge in [0.15, 0.2) is 0 Å². The predicted molar refractivity (Wildman–Crippen MR) is 88.8 cm³/mol. The maximum absolute atomic E-state index is 6.52. The number of nitrogens with zero attached hydrogens (tertiary/aromatic N) is 2. The second kappa shape index (κ2) is 7.62. The lowest BCUT2D eigenvalue weighted by molar-refractivity contribution is 0.588. The third kappa shape index (κ3) is 3.86. The molecule has 0 saturated heterocycles. The predicted octanol–water partition coefficient (Wildman–Crippen LogP) is 4.34. The van der Waals surface area contributed by atoms with Gasteiger partial charge in [0, 0.05) is 23.3 Å². The van der Waals surface area contributed by atoms with E-state index < -0.39 is 0 Å². The third-order valence-electron chi connectivity index (χ3n) is 3.57. The Hall–Kier alpha value is -1.32. The van der Waals surface area contributed by atoms with Gasteiger partial charge in [-0.1, -0.05) is 43.6 Å². The molecule has 0 aliphatic carbocycles. The van der Waals surface area contributed by atoms with E-state index in [1.807, 2.05) is 23.9 Å². The average Bonchev–Trinajstić information content (AvgIpc) is 2.92. The number of nitrogens with one attached hydrogen (secondary N) is 1. The summed E-state index contributed by atoms with van der Waals surface area (Å²) in [5.41, 5.74) is 3.41. The number of benzene rings is 1. The molecular formula is C17H24ClN3. The zero-order chi connectivity index (χ0) is 15.2. The topological polar surface area (TPSA) is 29.9 Å². The van der Waals surface area contributed by atoms with Crippen molar-refractivity contribution in [3.05, 3.63) is 52.3 Å². The molecule has 0 fully saturated rings. The first kappa shape index (κ1) is 16.1. The van der Waals surface area contributed by atoms with Gasteiger partial charge >= 0.3 is 0 Å². The van der Waals surface area contributed by atoms with E-state index in [1.54, 1.807) is 0 Å². The quantitative estimate of drug-likeness (QED) is 0.824. The minimum absolute atomic E-state index is 0.1000. The van der Waals surface area contributed by atoms with E-state index in [4.69, 9.17) is 11.6 Å². The number of halogens is 1. The van der Waals surface area contributed by atoms with Crippen LogP contribution in [0.4, 0.5) is 0 Å². The lowest BCUT2D eigenvalue weighted by atomic mass is 9.99. The van der Waals surface area contributed by atoms with E-state index in [1.165, 1.54) is 5.56 Å². The molecule has 1 atom stereocenters. The molecule has 1 unspecified atom stereocenters. The maximum atomic E-state index is 6.52. The Morgan fingerprint density at radius 2 is 2.10 bits per heavy atom. The van der Waals surface area contributed by atoms with Crippen molar-refractivity contribution < 1.29 is 0 Å². The van der Waals surface area contributed by atoms with Crippen molar-refractivity contribution >= 4 is 11.6 Å². The molecule has 2 rings (SSSR count). The summed E-state index contributed by atoms with van der Waals surface area (Å²) < 4.78 is 2.00. The van der Waals surface area contributed by atoms with E-state index in [0.29, 0.717) is 0 Å². The highest BCUT2D eigenvalue weighted by atomic mass is 35.5. The molecular weight excluding hydrogens is 282 g/mol. The van der Waals surface area contributed by atoms with Crippen molar-refractivity contribution in [2.75, 3.05) is 6.54 Å². The van der Waals surface area contributed by atoms with E-state index in [0.717, 1.165) is 42.1 Å². The lowest BCUT2D eigenvalue weighted by Crippen LogP contribution is -2.23. The largest absolute Gasteiger partial charge is 0.306 e. The molecule has 0 radical (unpaired) electrons. The summed E-state index contributed by atoms with van der Waals surface area (Å²) >= 11 is 6.52. The fourth-order valence-electron chi connectivity index (χ4n) is 2.47. The summed E-state index contributed by atoms with van der Waals surface area (Å²) in [6.45, 7) is 8.27. The summed E-state index contributed by atoms with van der Waals surface area (Å²) in [6.07, 6.45) is 6.24. The van der Waals surface area contributed by atoms with Gasteiger partial charge in [0.1, 0.15) is 0 Å². The average molecular weight is 306 g/mol. The standard InChI is InChI=1S/C17H24ClN3/c1-4-9-19-17(14-11-20-21(12-14)10-5-2)15-8-6-7-13(3)16(15)18/h6-8,11-12,17,19H,4-5,9-10H2,1-3H3. The molecule has 0 amide bonds. The summed E-state index contributed by atoms with van der Waals surface area (Å²) in [6, 6.07) is 6.30. The van der Waals surface area contributed by atoms with Gasteiger partial charge in [-0.2, -0.15) is 5.10 Å². The molecule has 114 valence electrons. The molecule has 1 aromatic heterocycles. The SMILES string of the molecule is CCCNC(c1cnn(CCC)c1)c1cccc(C)c1Cl. The minimum atomic E-state index is 0.1000. The van der Waals surface area contributed by atoms with Crippen molar-refractivity contribution in [2.24, 2.45) is 0 Å². The Morgan fingerprint density at radius 1 is 1.29 bits per heavy atom. The van der Waals surface area contributed by atoms with Gasteiger partial charge in [-0.15, -0.1) is 0 Å². The van der Waals surface area contributed by atoms with Crippen LogP contribution in [0.1, 0.15) is 49.4 Å². The number of rotatable bonds is 7. The highest BCUT2D eigenvalue weighted by Crippen LogP contribution is 2.30. The number of hydrogen-bond acceptors (Lipinski definition) is 2. The number of hydrogen-bond donors (Lipinski definition) is 1. The first-order chi connectivity index (χ1) is 10.2. The van der Waals surface area contributed by atoms with Crippen LogP contribution in [0.5, 0.6) is 0 Å². The van der Waals surface area contributed by atoms with E-state index >= 15 is 0 Å². The Kier molecular flexibility index (Phi) is 5.83. The van der Waals surface area contributed by atoms with Crippen molar-refractivity contribution in [1.29, 1.82) is 0 Å². The highest BCUT2D eigenvalue weighted by molar-refractivity contribution is 6.32. The molecule has 2 aromatic rings. The molecule has 0 saturated carbocycles. The van der Waals surface area contributed by atoms with Gasteiger partial charge in [0.25, 0.3) is 0 Å². The lowest BCUT2D eigenvalue weighted by Gasteiger charge is -2.20. The highest BCUT2D eigenvalue weighted by Gasteiger charge is 2.18. The van der Waals surface area contributed by atoms with Crippen LogP contribution in [-0.2, 0) is 6.54 Å². The minimum Gasteiger partial charge on any atom is -0.306 e. The monoisotopic (exact) mass is 305 g/mol. The molecule has 1 aromatic carbocycles.